The van der Waals surface area contributed by atoms with Crippen LogP contribution in [0, 0.1) is 6.92 Å². The second kappa shape index (κ2) is 10.3. The van der Waals surface area contributed by atoms with Gasteiger partial charge in [-0.1, -0.05) is 42.8 Å². The van der Waals surface area contributed by atoms with Crippen LogP contribution in [0.3, 0.4) is 0 Å². The lowest BCUT2D eigenvalue weighted by Crippen LogP contribution is -2.32. The van der Waals surface area contributed by atoms with Gasteiger partial charge in [-0.05, 0) is 62.7 Å². The molecule has 1 atom stereocenters. The summed E-state index contributed by atoms with van der Waals surface area (Å²) >= 11 is 0. The van der Waals surface area contributed by atoms with Crippen molar-refractivity contribution in [3.63, 3.8) is 0 Å². The number of rotatable bonds is 8. The maximum absolute atomic E-state index is 12.9. The fourth-order valence-corrected chi connectivity index (χ4v) is 4.09. The predicted molar refractivity (Wildman–Crippen MR) is 130 cm³/mol. The lowest BCUT2D eigenvalue weighted by atomic mass is 10.1. The van der Waals surface area contributed by atoms with Gasteiger partial charge in [-0.15, -0.1) is 0 Å². The van der Waals surface area contributed by atoms with E-state index >= 15 is 0 Å². The molecule has 2 amide bonds. The Hall–Kier alpha value is -3.65. The third-order valence-corrected chi connectivity index (χ3v) is 6.52. The van der Waals surface area contributed by atoms with Crippen LogP contribution in [0.15, 0.2) is 77.7 Å². The topological polar surface area (TPSA) is 104 Å². The van der Waals surface area contributed by atoms with Gasteiger partial charge in [-0.25, -0.2) is 8.42 Å². The van der Waals surface area contributed by atoms with E-state index in [9.17, 15) is 18.0 Å². The lowest BCUT2D eigenvalue weighted by Gasteiger charge is -2.15. The summed E-state index contributed by atoms with van der Waals surface area (Å²) in [6.07, 6.45) is 0.783. The van der Waals surface area contributed by atoms with Gasteiger partial charge in [0.2, 0.25) is 0 Å². The minimum atomic E-state index is -3.80. The molecule has 0 aliphatic rings. The Kier molecular flexibility index (Phi) is 7.50. The van der Waals surface area contributed by atoms with Crippen molar-refractivity contribution in [3.8, 4) is 0 Å². The molecule has 0 saturated carbocycles. The summed E-state index contributed by atoms with van der Waals surface area (Å²) in [5.74, 6) is -0.741. The summed E-state index contributed by atoms with van der Waals surface area (Å²) in [6, 6.07) is 19.4. The van der Waals surface area contributed by atoms with E-state index in [1.165, 1.54) is 18.2 Å². The molecule has 0 aliphatic heterocycles. The molecule has 3 rings (SSSR count). The van der Waals surface area contributed by atoms with Gasteiger partial charge in [0.05, 0.1) is 16.1 Å². The Morgan fingerprint density at radius 2 is 1.61 bits per heavy atom. The maximum atomic E-state index is 12.9. The molecule has 0 bridgehead atoms. The molecule has 0 aromatic heterocycles. The van der Waals surface area contributed by atoms with Crippen molar-refractivity contribution in [2.45, 2.75) is 38.1 Å². The van der Waals surface area contributed by atoms with Crippen molar-refractivity contribution in [1.29, 1.82) is 0 Å². The number of aryl methyl sites for hydroxylation is 1. The predicted octanol–water partition coefficient (Wildman–Crippen LogP) is 4.58. The molecule has 3 N–H and O–H groups in total. The standard InChI is InChI=1S/C25H27N3O4S/c1-4-18(3)26-25(30)22-10-5-6-11-23(22)27-24(29)19-8-7-9-20(16-19)28-33(31,32)21-14-12-17(2)13-15-21/h5-16,18,28H,4H2,1-3H3,(H,26,30)(H,27,29). The van der Waals surface area contributed by atoms with Crippen molar-refractivity contribution in [2.75, 3.05) is 10.0 Å². The SMILES string of the molecule is CCC(C)NC(=O)c1ccccc1NC(=O)c1cccc(NS(=O)(=O)c2ccc(C)cc2)c1. The van der Waals surface area contributed by atoms with Crippen molar-refractivity contribution in [3.05, 3.63) is 89.5 Å². The van der Waals surface area contributed by atoms with E-state index in [1.54, 1.807) is 54.6 Å². The van der Waals surface area contributed by atoms with E-state index in [2.05, 4.69) is 15.4 Å². The van der Waals surface area contributed by atoms with Crippen LogP contribution in [0.25, 0.3) is 0 Å². The molecule has 3 aromatic rings. The van der Waals surface area contributed by atoms with Crippen LogP contribution in [0.1, 0.15) is 46.5 Å². The van der Waals surface area contributed by atoms with E-state index in [0.717, 1.165) is 12.0 Å². The molecule has 33 heavy (non-hydrogen) atoms. The molecule has 172 valence electrons. The monoisotopic (exact) mass is 465 g/mol. The van der Waals surface area contributed by atoms with Crippen LogP contribution >= 0.6 is 0 Å². The average Bonchev–Trinajstić information content (AvgIpc) is 2.79. The zero-order valence-corrected chi connectivity index (χ0v) is 19.6. The van der Waals surface area contributed by atoms with Gasteiger partial charge in [0.15, 0.2) is 0 Å². The molecule has 8 heteroatoms. The Bertz CT molecular complexity index is 1250. The minimum absolute atomic E-state index is 0.000470. The molecule has 0 heterocycles. The molecule has 0 aliphatic carbocycles. The van der Waals surface area contributed by atoms with Gasteiger partial charge in [0.25, 0.3) is 21.8 Å². The second-order valence-corrected chi connectivity index (χ2v) is 9.46. The first-order valence-corrected chi connectivity index (χ1v) is 12.1. The van der Waals surface area contributed by atoms with Gasteiger partial charge < -0.3 is 10.6 Å². The first kappa shape index (κ1) is 24.0. The zero-order chi connectivity index (χ0) is 24.0. The molecule has 1 unspecified atom stereocenters. The summed E-state index contributed by atoms with van der Waals surface area (Å²) in [5.41, 5.74) is 2.17. The molecule has 0 spiro atoms. The summed E-state index contributed by atoms with van der Waals surface area (Å²) in [4.78, 5) is 25.6. The number of para-hydroxylation sites is 1. The number of hydrogen-bond donors (Lipinski definition) is 3. The average molecular weight is 466 g/mol. The maximum Gasteiger partial charge on any atom is 0.261 e. The number of carbonyl (C=O) groups excluding carboxylic acids is 2. The number of carbonyl (C=O) groups is 2. The highest BCUT2D eigenvalue weighted by Gasteiger charge is 2.17. The Labute approximate surface area is 194 Å². The van der Waals surface area contributed by atoms with Crippen molar-refractivity contribution >= 4 is 33.2 Å². The fourth-order valence-electron chi connectivity index (χ4n) is 3.04. The Morgan fingerprint density at radius 3 is 2.30 bits per heavy atom. The van der Waals surface area contributed by atoms with Gasteiger partial charge >= 0.3 is 0 Å². The third-order valence-electron chi connectivity index (χ3n) is 5.12. The van der Waals surface area contributed by atoms with Crippen LogP contribution < -0.4 is 15.4 Å². The minimum Gasteiger partial charge on any atom is -0.350 e. The fraction of sp³-hybridized carbons (Fsp3) is 0.200. The third kappa shape index (κ3) is 6.20. The van der Waals surface area contributed by atoms with Crippen LogP contribution in [-0.2, 0) is 10.0 Å². The zero-order valence-electron chi connectivity index (χ0n) is 18.8. The van der Waals surface area contributed by atoms with Crippen LogP contribution in [0.4, 0.5) is 11.4 Å². The molecule has 0 radical (unpaired) electrons. The number of anilines is 2. The first-order valence-electron chi connectivity index (χ1n) is 10.6. The Balaban J connectivity index is 1.78. The summed E-state index contributed by atoms with van der Waals surface area (Å²) in [6.45, 7) is 5.75. The van der Waals surface area contributed by atoms with Crippen molar-refractivity contribution < 1.29 is 18.0 Å². The highest BCUT2D eigenvalue weighted by atomic mass is 32.2. The normalized spacial score (nSPS) is 12.0. The van der Waals surface area contributed by atoms with Crippen molar-refractivity contribution in [2.24, 2.45) is 0 Å². The number of nitrogens with one attached hydrogen (secondary N) is 3. The summed E-state index contributed by atoms with van der Waals surface area (Å²) in [5, 5.41) is 5.64. The Morgan fingerprint density at radius 1 is 0.909 bits per heavy atom. The largest absolute Gasteiger partial charge is 0.350 e. The van der Waals surface area contributed by atoms with Crippen LogP contribution in [-0.4, -0.2) is 26.3 Å². The molecule has 0 fully saturated rings. The molecular formula is C25H27N3O4S. The number of hydrogen-bond acceptors (Lipinski definition) is 4. The second-order valence-electron chi connectivity index (χ2n) is 7.78. The quantitative estimate of drug-likeness (QED) is 0.453. The van der Waals surface area contributed by atoms with E-state index in [4.69, 9.17) is 0 Å². The lowest BCUT2D eigenvalue weighted by molar-refractivity contribution is 0.0940. The molecular weight excluding hydrogens is 438 g/mol. The highest BCUT2D eigenvalue weighted by Crippen LogP contribution is 2.20. The number of sulfonamides is 1. The van der Waals surface area contributed by atoms with Gasteiger partial charge in [0.1, 0.15) is 0 Å². The van der Waals surface area contributed by atoms with Gasteiger partial charge in [0, 0.05) is 17.3 Å². The van der Waals surface area contributed by atoms with Gasteiger partial charge in [-0.3, -0.25) is 14.3 Å². The molecule has 0 saturated heterocycles. The van der Waals surface area contributed by atoms with E-state index in [0.29, 0.717) is 11.3 Å². The molecule has 7 nitrogen and oxygen atoms in total. The first-order chi connectivity index (χ1) is 15.7. The number of amides is 2. The summed E-state index contributed by atoms with van der Waals surface area (Å²) < 4.78 is 27.8. The smallest absolute Gasteiger partial charge is 0.261 e. The van der Waals surface area contributed by atoms with E-state index in [-0.39, 0.29) is 28.1 Å². The van der Waals surface area contributed by atoms with Crippen LogP contribution in [0.5, 0.6) is 0 Å². The highest BCUT2D eigenvalue weighted by molar-refractivity contribution is 7.92. The number of benzene rings is 3. The van der Waals surface area contributed by atoms with E-state index < -0.39 is 15.9 Å². The van der Waals surface area contributed by atoms with Gasteiger partial charge in [-0.2, -0.15) is 0 Å². The summed E-state index contributed by atoms with van der Waals surface area (Å²) in [7, 11) is -3.80. The molecule has 3 aromatic carbocycles. The van der Waals surface area contributed by atoms with Crippen LogP contribution in [0.2, 0.25) is 0 Å². The van der Waals surface area contributed by atoms with E-state index in [1.807, 2.05) is 20.8 Å². The van der Waals surface area contributed by atoms with Crippen molar-refractivity contribution in [1.82, 2.24) is 5.32 Å².